The van der Waals surface area contributed by atoms with Gasteiger partial charge in [0.1, 0.15) is 5.82 Å². The second-order valence-electron chi connectivity index (χ2n) is 5.05. The van der Waals surface area contributed by atoms with Crippen LogP contribution in [-0.4, -0.2) is 26.8 Å². The van der Waals surface area contributed by atoms with Crippen LogP contribution < -0.4 is 5.32 Å². The van der Waals surface area contributed by atoms with Crippen molar-refractivity contribution in [1.82, 2.24) is 5.32 Å². The molecule has 0 heterocycles. The van der Waals surface area contributed by atoms with Crippen molar-refractivity contribution in [3.63, 3.8) is 0 Å². The normalized spacial score (nSPS) is 12.9. The first-order chi connectivity index (χ1) is 9.63. The Morgan fingerprint density at radius 2 is 2.00 bits per heavy atom. The van der Waals surface area contributed by atoms with Gasteiger partial charge in [-0.15, -0.1) is 0 Å². The summed E-state index contributed by atoms with van der Waals surface area (Å²) in [7, 11) is 1.69. The number of nitrogens with one attached hydrogen (secondary N) is 1. The van der Waals surface area contributed by atoms with Gasteiger partial charge in [-0.3, -0.25) is 0 Å². The van der Waals surface area contributed by atoms with E-state index in [1.165, 1.54) is 12.1 Å². The Labute approximate surface area is 126 Å². The van der Waals surface area contributed by atoms with E-state index in [0.717, 1.165) is 31.5 Å². The topological polar surface area (TPSA) is 21.3 Å². The molecule has 0 spiro atoms. The molecule has 0 aliphatic heterocycles. The van der Waals surface area contributed by atoms with E-state index in [-0.39, 0.29) is 5.82 Å². The highest BCUT2D eigenvalue weighted by molar-refractivity contribution is 6.31. The fraction of sp³-hybridized carbons (Fsp3) is 0.625. The molecular weight excluding hydrogens is 277 g/mol. The summed E-state index contributed by atoms with van der Waals surface area (Å²) in [5.74, 6) is 0.553. The maximum Gasteiger partial charge on any atom is 0.124 e. The maximum absolute atomic E-state index is 13.2. The minimum Gasteiger partial charge on any atom is -0.383 e. The first-order valence-electron chi connectivity index (χ1n) is 7.28. The van der Waals surface area contributed by atoms with Gasteiger partial charge in [0, 0.05) is 31.1 Å². The summed E-state index contributed by atoms with van der Waals surface area (Å²) in [4.78, 5) is 0. The zero-order chi connectivity index (χ0) is 15.0. The van der Waals surface area contributed by atoms with E-state index in [2.05, 4.69) is 19.2 Å². The molecule has 0 aromatic heterocycles. The lowest BCUT2D eigenvalue weighted by molar-refractivity contribution is 0.197. The van der Waals surface area contributed by atoms with Gasteiger partial charge in [-0.2, -0.15) is 0 Å². The minimum atomic E-state index is -0.283. The molecule has 1 atom stereocenters. The minimum absolute atomic E-state index is 0.283. The third-order valence-corrected chi connectivity index (χ3v) is 4.15. The average molecular weight is 302 g/mol. The first kappa shape index (κ1) is 17.4. The van der Waals surface area contributed by atoms with Crippen molar-refractivity contribution in [3.05, 3.63) is 34.6 Å². The van der Waals surface area contributed by atoms with Crippen LogP contribution in [0.15, 0.2) is 18.2 Å². The molecule has 2 nitrogen and oxygen atoms in total. The fourth-order valence-corrected chi connectivity index (χ4v) is 2.93. The van der Waals surface area contributed by atoms with Gasteiger partial charge in [0.15, 0.2) is 0 Å². The van der Waals surface area contributed by atoms with Crippen molar-refractivity contribution in [3.8, 4) is 0 Å². The molecule has 0 radical (unpaired) electrons. The predicted molar refractivity (Wildman–Crippen MR) is 83.0 cm³/mol. The summed E-state index contributed by atoms with van der Waals surface area (Å²) in [5.41, 5.74) is 1.03. The van der Waals surface area contributed by atoms with E-state index >= 15 is 0 Å². The van der Waals surface area contributed by atoms with E-state index in [0.29, 0.717) is 23.5 Å². The Balaban J connectivity index is 2.85. The largest absolute Gasteiger partial charge is 0.383 e. The van der Waals surface area contributed by atoms with Gasteiger partial charge < -0.3 is 10.1 Å². The van der Waals surface area contributed by atoms with Crippen LogP contribution in [0.25, 0.3) is 0 Å². The quantitative estimate of drug-likeness (QED) is 0.689. The molecule has 1 aromatic rings. The first-order valence-corrected chi connectivity index (χ1v) is 7.66. The van der Waals surface area contributed by atoms with Crippen molar-refractivity contribution < 1.29 is 9.13 Å². The Morgan fingerprint density at radius 1 is 1.30 bits per heavy atom. The molecule has 20 heavy (non-hydrogen) atoms. The van der Waals surface area contributed by atoms with Gasteiger partial charge in [0.25, 0.3) is 0 Å². The van der Waals surface area contributed by atoms with Gasteiger partial charge in [0.2, 0.25) is 0 Å². The molecule has 0 bridgehead atoms. The summed E-state index contributed by atoms with van der Waals surface area (Å²) in [6, 6.07) is 4.71. The van der Waals surface area contributed by atoms with Crippen LogP contribution in [0.5, 0.6) is 0 Å². The second-order valence-corrected chi connectivity index (χ2v) is 5.45. The molecule has 0 amide bonds. The number of methoxy groups -OCH3 is 1. The summed E-state index contributed by atoms with van der Waals surface area (Å²) < 4.78 is 18.3. The zero-order valence-corrected chi connectivity index (χ0v) is 13.3. The molecule has 0 fully saturated rings. The van der Waals surface area contributed by atoms with Crippen LogP contribution in [0, 0.1) is 11.7 Å². The summed E-state index contributed by atoms with van der Waals surface area (Å²) in [6.45, 7) is 6.71. The summed E-state index contributed by atoms with van der Waals surface area (Å²) in [5, 5.41) is 3.92. The lowest BCUT2D eigenvalue weighted by Gasteiger charge is -2.27. The molecule has 1 aromatic carbocycles. The molecule has 114 valence electrons. The highest BCUT2D eigenvalue weighted by Gasteiger charge is 2.22. The van der Waals surface area contributed by atoms with Gasteiger partial charge in [0.05, 0.1) is 6.61 Å². The van der Waals surface area contributed by atoms with E-state index < -0.39 is 0 Å². The fourth-order valence-electron chi connectivity index (χ4n) is 2.62. The van der Waals surface area contributed by atoms with Gasteiger partial charge >= 0.3 is 0 Å². The van der Waals surface area contributed by atoms with Crippen LogP contribution in [-0.2, 0) is 4.74 Å². The Morgan fingerprint density at radius 3 is 2.55 bits per heavy atom. The highest BCUT2D eigenvalue weighted by Crippen LogP contribution is 2.33. The SMILES string of the molecule is CCC(CC)C(CNCCOC)c1ccc(F)cc1Cl. The standard InChI is InChI=1S/C16H25ClFNO/c1-4-12(5-2)15(11-19-8-9-20-3)14-7-6-13(18)10-16(14)17/h6-7,10,12,15,19H,4-5,8-9,11H2,1-3H3. The maximum atomic E-state index is 13.2. The van der Waals surface area contributed by atoms with Crippen molar-refractivity contribution in [2.24, 2.45) is 5.92 Å². The van der Waals surface area contributed by atoms with Crippen LogP contribution in [0.2, 0.25) is 5.02 Å². The Kier molecular flexibility index (Phi) is 8.12. The van der Waals surface area contributed by atoms with Gasteiger partial charge in [-0.05, 0) is 23.6 Å². The molecule has 0 aliphatic carbocycles. The average Bonchev–Trinajstić information content (AvgIpc) is 2.43. The van der Waals surface area contributed by atoms with E-state index in [9.17, 15) is 4.39 Å². The second kappa shape index (κ2) is 9.32. The summed E-state index contributed by atoms with van der Waals surface area (Å²) in [6.07, 6.45) is 2.17. The molecule has 0 aliphatic rings. The lowest BCUT2D eigenvalue weighted by Crippen LogP contribution is -2.29. The predicted octanol–water partition coefficient (Wildman–Crippen LogP) is 4.23. The Bertz CT molecular complexity index is 396. The number of ether oxygens (including phenoxy) is 1. The molecule has 4 heteroatoms. The van der Waals surface area contributed by atoms with Crippen molar-refractivity contribution in [1.29, 1.82) is 0 Å². The zero-order valence-electron chi connectivity index (χ0n) is 12.6. The Hall–Kier alpha value is -0.640. The number of hydrogen-bond acceptors (Lipinski definition) is 2. The lowest BCUT2D eigenvalue weighted by atomic mass is 9.82. The van der Waals surface area contributed by atoms with E-state index in [1.807, 2.05) is 6.07 Å². The molecule has 0 saturated heterocycles. The molecule has 1 N–H and O–H groups in total. The smallest absolute Gasteiger partial charge is 0.124 e. The van der Waals surface area contributed by atoms with E-state index in [4.69, 9.17) is 16.3 Å². The van der Waals surface area contributed by atoms with Gasteiger partial charge in [-0.25, -0.2) is 4.39 Å². The number of rotatable bonds is 9. The van der Waals surface area contributed by atoms with Crippen LogP contribution in [0.4, 0.5) is 4.39 Å². The van der Waals surface area contributed by atoms with Crippen LogP contribution >= 0.6 is 11.6 Å². The monoisotopic (exact) mass is 301 g/mol. The number of halogens is 2. The third kappa shape index (κ3) is 5.04. The number of hydrogen-bond donors (Lipinski definition) is 1. The summed E-state index contributed by atoms with van der Waals surface area (Å²) >= 11 is 6.23. The molecule has 1 unspecified atom stereocenters. The molecular formula is C16H25ClFNO. The van der Waals surface area contributed by atoms with Crippen LogP contribution in [0.3, 0.4) is 0 Å². The van der Waals surface area contributed by atoms with Crippen LogP contribution in [0.1, 0.15) is 38.2 Å². The third-order valence-electron chi connectivity index (χ3n) is 3.83. The van der Waals surface area contributed by atoms with Crippen molar-refractivity contribution >= 4 is 11.6 Å². The highest BCUT2D eigenvalue weighted by atomic mass is 35.5. The molecule has 0 saturated carbocycles. The van der Waals surface area contributed by atoms with E-state index in [1.54, 1.807) is 7.11 Å². The van der Waals surface area contributed by atoms with Gasteiger partial charge in [-0.1, -0.05) is 44.4 Å². The number of benzene rings is 1. The molecule has 1 rings (SSSR count). The van der Waals surface area contributed by atoms with Crippen molar-refractivity contribution in [2.45, 2.75) is 32.6 Å². The van der Waals surface area contributed by atoms with Crippen molar-refractivity contribution in [2.75, 3.05) is 26.8 Å².